The summed E-state index contributed by atoms with van der Waals surface area (Å²) in [6, 6.07) is 2.90. The van der Waals surface area contributed by atoms with E-state index in [2.05, 4.69) is 15.6 Å². The Morgan fingerprint density at radius 2 is 2.10 bits per heavy atom. The van der Waals surface area contributed by atoms with Crippen LogP contribution in [0.2, 0.25) is 0 Å². The highest BCUT2D eigenvalue weighted by Crippen LogP contribution is 2.39. The maximum atomic E-state index is 14.8. The Morgan fingerprint density at radius 1 is 1.43 bits per heavy atom. The van der Waals surface area contributed by atoms with E-state index in [1.165, 1.54) is 7.05 Å². The van der Waals surface area contributed by atoms with Crippen molar-refractivity contribution in [2.45, 2.75) is 37.2 Å². The predicted molar refractivity (Wildman–Crippen MR) is 105 cm³/mol. The Morgan fingerprint density at radius 3 is 2.70 bits per heavy atom. The van der Waals surface area contributed by atoms with Gasteiger partial charge in [-0.1, -0.05) is 0 Å². The third-order valence-corrected chi connectivity index (χ3v) is 7.11. The molecule has 2 heterocycles. The Hall–Kier alpha value is -2.80. The number of ether oxygens (including phenoxy) is 1. The standard InChI is InChI=1S/C17H22FN5O6S/c1-16(2,3)29-15(24)20-14-21-17(9-19-8-13(17)30(27,28)22(14)4)11-7-10(23(25)26)5-6-12(11)18/h5-7,13,19H,8-9H2,1-4H3,(H,20,21,24). The van der Waals surface area contributed by atoms with Crippen molar-refractivity contribution in [2.24, 2.45) is 4.99 Å². The molecule has 1 aromatic rings. The minimum atomic E-state index is -4.10. The van der Waals surface area contributed by atoms with Crippen molar-refractivity contribution in [3.8, 4) is 0 Å². The van der Waals surface area contributed by atoms with E-state index in [1.54, 1.807) is 20.8 Å². The van der Waals surface area contributed by atoms with Gasteiger partial charge in [0.25, 0.3) is 5.69 Å². The lowest BCUT2D eigenvalue weighted by molar-refractivity contribution is -0.385. The zero-order valence-electron chi connectivity index (χ0n) is 16.8. The Bertz CT molecular complexity index is 1040. The quantitative estimate of drug-likeness (QED) is 0.510. The van der Waals surface area contributed by atoms with Crippen LogP contribution in [0.15, 0.2) is 23.2 Å². The number of benzene rings is 1. The first-order valence-electron chi connectivity index (χ1n) is 9.01. The molecule has 13 heteroatoms. The van der Waals surface area contributed by atoms with Gasteiger partial charge in [0.1, 0.15) is 22.2 Å². The van der Waals surface area contributed by atoms with Gasteiger partial charge in [-0.2, -0.15) is 0 Å². The minimum absolute atomic E-state index is 0.0263. The number of aliphatic imine (C=N–C) groups is 1. The summed E-state index contributed by atoms with van der Waals surface area (Å²) in [5.74, 6) is -1.19. The summed E-state index contributed by atoms with van der Waals surface area (Å²) >= 11 is 0. The van der Waals surface area contributed by atoms with Crippen LogP contribution in [0.3, 0.4) is 0 Å². The molecule has 30 heavy (non-hydrogen) atoms. The van der Waals surface area contributed by atoms with Crippen molar-refractivity contribution in [3.63, 3.8) is 0 Å². The average molecular weight is 443 g/mol. The van der Waals surface area contributed by atoms with Gasteiger partial charge in [-0.3, -0.25) is 10.1 Å². The highest BCUT2D eigenvalue weighted by Gasteiger charge is 2.58. The summed E-state index contributed by atoms with van der Waals surface area (Å²) in [6.07, 6.45) is -1.04. The molecule has 2 fully saturated rings. The van der Waals surface area contributed by atoms with Crippen LogP contribution in [0.1, 0.15) is 26.3 Å². The number of sulfonamides is 1. The maximum Gasteiger partial charge on any atom is 0.437 e. The van der Waals surface area contributed by atoms with Gasteiger partial charge in [0, 0.05) is 37.8 Å². The fourth-order valence-corrected chi connectivity index (χ4v) is 5.35. The van der Waals surface area contributed by atoms with Crippen LogP contribution < -0.4 is 10.6 Å². The lowest BCUT2D eigenvalue weighted by Gasteiger charge is -2.44. The van der Waals surface area contributed by atoms with Crippen LogP contribution in [0.4, 0.5) is 14.9 Å². The number of hydrogen-bond acceptors (Lipinski definition) is 7. The van der Waals surface area contributed by atoms with E-state index in [1.807, 2.05) is 0 Å². The van der Waals surface area contributed by atoms with Crippen molar-refractivity contribution in [3.05, 3.63) is 39.7 Å². The average Bonchev–Trinajstić information content (AvgIpc) is 3.04. The van der Waals surface area contributed by atoms with Gasteiger partial charge < -0.3 is 15.4 Å². The molecule has 0 radical (unpaired) electrons. The third kappa shape index (κ3) is 3.69. The largest absolute Gasteiger partial charge is 0.442 e. The molecule has 0 aliphatic carbocycles. The Balaban J connectivity index is 2.15. The number of rotatable bonds is 2. The normalized spacial score (nSPS) is 26.8. The number of carbonyl (C=O) groups is 1. The molecule has 0 saturated carbocycles. The number of non-ortho nitro benzene ring substituents is 1. The molecule has 0 aromatic heterocycles. The topological polar surface area (TPSA) is 143 Å². The summed E-state index contributed by atoms with van der Waals surface area (Å²) in [6.45, 7) is 4.78. The molecule has 164 valence electrons. The lowest BCUT2D eigenvalue weighted by Crippen LogP contribution is -2.67. The molecule has 3 rings (SSSR count). The first-order chi connectivity index (χ1) is 13.8. The second kappa shape index (κ2) is 7.16. The molecule has 2 atom stereocenters. The van der Waals surface area contributed by atoms with Crippen molar-refractivity contribution < 1.29 is 27.3 Å². The predicted octanol–water partition coefficient (Wildman–Crippen LogP) is 1.06. The number of fused-ring (bicyclic) bond motifs is 1. The van der Waals surface area contributed by atoms with Crippen molar-refractivity contribution in [1.82, 2.24) is 14.9 Å². The molecular weight excluding hydrogens is 421 g/mol. The van der Waals surface area contributed by atoms with E-state index in [0.29, 0.717) is 0 Å². The Kier molecular flexibility index (Phi) is 5.23. The van der Waals surface area contributed by atoms with Gasteiger partial charge in [0.15, 0.2) is 0 Å². The van der Waals surface area contributed by atoms with Crippen LogP contribution >= 0.6 is 0 Å². The second-order valence-electron chi connectivity index (χ2n) is 8.07. The van der Waals surface area contributed by atoms with Crippen LogP contribution in [-0.2, 0) is 20.3 Å². The molecule has 2 saturated heterocycles. The maximum absolute atomic E-state index is 14.8. The monoisotopic (exact) mass is 443 g/mol. The Labute approximate surface area is 172 Å². The smallest absolute Gasteiger partial charge is 0.437 e. The summed E-state index contributed by atoms with van der Waals surface area (Å²) in [5.41, 5.74) is -3.08. The number of nitro groups is 1. The summed E-state index contributed by atoms with van der Waals surface area (Å²) in [7, 11) is -2.89. The number of halogens is 1. The zero-order chi connectivity index (χ0) is 22.5. The van der Waals surface area contributed by atoms with Gasteiger partial charge in [-0.25, -0.2) is 21.9 Å². The summed E-state index contributed by atoms with van der Waals surface area (Å²) in [5, 5.41) is 15.7. The highest BCUT2D eigenvalue weighted by molar-refractivity contribution is 7.90. The summed E-state index contributed by atoms with van der Waals surface area (Å²) < 4.78 is 47.0. The van der Waals surface area contributed by atoms with Gasteiger partial charge >= 0.3 is 6.09 Å². The molecule has 2 aliphatic rings. The molecule has 1 aromatic carbocycles. The third-order valence-electron chi connectivity index (χ3n) is 4.89. The number of carbonyl (C=O) groups excluding carboxylic acids is 1. The SMILES string of the molecule is CN1/C(=N/C(=O)OC(C)(C)C)NC2(c3cc([N+](=O)[O-])ccc3F)CNCC2S1(=O)=O. The highest BCUT2D eigenvalue weighted by atomic mass is 32.2. The molecule has 0 spiro atoms. The number of guanidine groups is 1. The van der Waals surface area contributed by atoms with E-state index >= 15 is 0 Å². The van der Waals surface area contributed by atoms with E-state index in [4.69, 9.17) is 4.74 Å². The molecular formula is C17H22FN5O6S. The lowest BCUT2D eigenvalue weighted by atomic mass is 9.87. The summed E-state index contributed by atoms with van der Waals surface area (Å²) in [4.78, 5) is 26.4. The molecule has 0 bridgehead atoms. The number of nitrogens with zero attached hydrogens (tertiary/aromatic N) is 3. The van der Waals surface area contributed by atoms with E-state index in [0.717, 1.165) is 22.5 Å². The molecule has 1 amide bonds. The first-order valence-corrected chi connectivity index (χ1v) is 10.5. The van der Waals surface area contributed by atoms with Gasteiger partial charge in [-0.15, -0.1) is 4.99 Å². The minimum Gasteiger partial charge on any atom is -0.442 e. The zero-order valence-corrected chi connectivity index (χ0v) is 17.6. The van der Waals surface area contributed by atoms with Crippen LogP contribution in [0.5, 0.6) is 0 Å². The van der Waals surface area contributed by atoms with Crippen molar-refractivity contribution in [2.75, 3.05) is 20.1 Å². The second-order valence-corrected chi connectivity index (χ2v) is 10.2. The molecule has 2 N–H and O–H groups in total. The van der Waals surface area contributed by atoms with Gasteiger partial charge in [0.2, 0.25) is 16.0 Å². The fourth-order valence-electron chi connectivity index (χ4n) is 3.54. The number of hydrogen-bond donors (Lipinski definition) is 2. The van der Waals surface area contributed by atoms with E-state index in [9.17, 15) is 27.7 Å². The number of nitrogens with one attached hydrogen (secondary N) is 2. The first kappa shape index (κ1) is 21.9. The van der Waals surface area contributed by atoms with Crippen LogP contribution in [0, 0.1) is 15.9 Å². The number of amides is 1. The van der Waals surface area contributed by atoms with Crippen molar-refractivity contribution in [1.29, 1.82) is 0 Å². The van der Waals surface area contributed by atoms with E-state index < -0.39 is 48.9 Å². The molecule has 2 aliphatic heterocycles. The van der Waals surface area contributed by atoms with Gasteiger partial charge in [0.05, 0.1) is 4.92 Å². The van der Waals surface area contributed by atoms with E-state index in [-0.39, 0.29) is 24.6 Å². The molecule has 2 unspecified atom stereocenters. The van der Waals surface area contributed by atoms with Crippen LogP contribution in [-0.4, -0.2) is 60.7 Å². The number of nitro benzene ring substituents is 1. The van der Waals surface area contributed by atoms with Crippen LogP contribution in [0.25, 0.3) is 0 Å². The van der Waals surface area contributed by atoms with Crippen molar-refractivity contribution >= 4 is 27.8 Å². The molecule has 11 nitrogen and oxygen atoms in total. The van der Waals surface area contributed by atoms with Gasteiger partial charge in [-0.05, 0) is 26.8 Å². The fraction of sp³-hybridized carbons (Fsp3) is 0.529.